The monoisotopic (exact) mass is 499 g/mol. The molecule has 188 valence electrons. The number of ether oxygens (including phenoxy) is 2. The van der Waals surface area contributed by atoms with Gasteiger partial charge in [-0.2, -0.15) is 0 Å². The van der Waals surface area contributed by atoms with Crippen LogP contribution in [0.3, 0.4) is 0 Å². The van der Waals surface area contributed by atoms with E-state index in [0.29, 0.717) is 18.1 Å². The number of carbonyl (C=O) groups is 2. The molecule has 7 heteroatoms. The lowest BCUT2D eigenvalue weighted by Crippen LogP contribution is -2.44. The van der Waals surface area contributed by atoms with E-state index in [0.717, 1.165) is 22.3 Å². The third-order valence-corrected chi connectivity index (χ3v) is 5.65. The van der Waals surface area contributed by atoms with Gasteiger partial charge in [0.2, 0.25) is 0 Å². The maximum absolute atomic E-state index is 13.1. The number of hydrogen-bond donors (Lipinski definition) is 2. The standard InChI is InChI=1S/C30H26FNO5/c31-25-12-8-23(9-13-25)24-10-16-27(17-11-24)37-20-29(33)32-28(30(34)35)18-21-6-14-26(15-7-21)36-19-22-4-2-1-3-5-22/h1-17,28H,18-20H2,(H,32,33)(H,34,35)/t28-/m0/s1. The summed E-state index contributed by atoms with van der Waals surface area (Å²) < 4.78 is 24.4. The fraction of sp³-hybridized carbons (Fsp3) is 0.133. The van der Waals surface area contributed by atoms with E-state index in [1.807, 2.05) is 30.3 Å². The highest BCUT2D eigenvalue weighted by Gasteiger charge is 2.20. The van der Waals surface area contributed by atoms with E-state index < -0.39 is 17.9 Å². The van der Waals surface area contributed by atoms with Gasteiger partial charge in [-0.05, 0) is 58.7 Å². The molecule has 37 heavy (non-hydrogen) atoms. The van der Waals surface area contributed by atoms with Crippen LogP contribution in [0.2, 0.25) is 0 Å². The van der Waals surface area contributed by atoms with E-state index in [4.69, 9.17) is 9.47 Å². The smallest absolute Gasteiger partial charge is 0.326 e. The average molecular weight is 500 g/mol. The van der Waals surface area contributed by atoms with Crippen LogP contribution in [0.4, 0.5) is 4.39 Å². The van der Waals surface area contributed by atoms with Gasteiger partial charge >= 0.3 is 5.97 Å². The Bertz CT molecular complexity index is 1310. The number of carboxylic acids is 1. The van der Waals surface area contributed by atoms with E-state index in [-0.39, 0.29) is 18.8 Å². The van der Waals surface area contributed by atoms with Gasteiger partial charge in [-0.1, -0.05) is 66.7 Å². The van der Waals surface area contributed by atoms with Gasteiger partial charge in [0, 0.05) is 6.42 Å². The van der Waals surface area contributed by atoms with Gasteiger partial charge in [0.25, 0.3) is 5.91 Å². The van der Waals surface area contributed by atoms with Crippen molar-refractivity contribution in [3.05, 3.63) is 120 Å². The molecule has 0 spiro atoms. The molecule has 4 aromatic rings. The number of halogens is 1. The quantitative estimate of drug-likeness (QED) is 0.294. The predicted octanol–water partition coefficient (Wildman–Crippen LogP) is 5.26. The van der Waals surface area contributed by atoms with E-state index in [9.17, 15) is 19.1 Å². The number of carbonyl (C=O) groups excluding carboxylic acids is 1. The van der Waals surface area contributed by atoms with Crippen LogP contribution in [0.15, 0.2) is 103 Å². The van der Waals surface area contributed by atoms with Gasteiger partial charge in [-0.25, -0.2) is 9.18 Å². The third kappa shape index (κ3) is 7.67. The van der Waals surface area contributed by atoms with Crippen molar-refractivity contribution in [3.8, 4) is 22.6 Å². The van der Waals surface area contributed by atoms with Crippen molar-refractivity contribution in [1.29, 1.82) is 0 Å². The third-order valence-electron chi connectivity index (χ3n) is 5.65. The van der Waals surface area contributed by atoms with Gasteiger partial charge in [-0.15, -0.1) is 0 Å². The Kier molecular flexibility index (Phi) is 8.49. The molecule has 6 nitrogen and oxygen atoms in total. The van der Waals surface area contributed by atoms with Crippen molar-refractivity contribution in [3.63, 3.8) is 0 Å². The van der Waals surface area contributed by atoms with Crippen LogP contribution in [0, 0.1) is 5.82 Å². The van der Waals surface area contributed by atoms with Crippen LogP contribution >= 0.6 is 0 Å². The number of benzene rings is 4. The summed E-state index contributed by atoms with van der Waals surface area (Å²) in [6, 6.07) is 28.9. The van der Waals surface area contributed by atoms with Crippen molar-refractivity contribution in [2.24, 2.45) is 0 Å². The zero-order valence-corrected chi connectivity index (χ0v) is 20.0. The maximum atomic E-state index is 13.1. The molecule has 2 N–H and O–H groups in total. The van der Waals surface area contributed by atoms with E-state index in [2.05, 4.69) is 5.32 Å². The number of amides is 1. The molecule has 0 aromatic heterocycles. The summed E-state index contributed by atoms with van der Waals surface area (Å²) in [5.74, 6) is -0.861. The Morgan fingerprint density at radius 3 is 1.92 bits per heavy atom. The number of hydrogen-bond acceptors (Lipinski definition) is 4. The van der Waals surface area contributed by atoms with Gasteiger partial charge in [0.05, 0.1) is 0 Å². The van der Waals surface area contributed by atoms with Crippen LogP contribution < -0.4 is 14.8 Å². The van der Waals surface area contributed by atoms with Gasteiger partial charge in [0.15, 0.2) is 6.61 Å². The first-order chi connectivity index (χ1) is 18.0. The first kappa shape index (κ1) is 25.4. The number of carboxylic acid groups (broad SMARTS) is 1. The Morgan fingerprint density at radius 2 is 1.30 bits per heavy atom. The number of nitrogens with one attached hydrogen (secondary N) is 1. The fourth-order valence-corrected chi connectivity index (χ4v) is 3.67. The normalized spacial score (nSPS) is 11.4. The summed E-state index contributed by atoms with van der Waals surface area (Å²) in [5.41, 5.74) is 3.52. The number of aliphatic carboxylic acids is 1. The summed E-state index contributed by atoms with van der Waals surface area (Å²) >= 11 is 0. The molecule has 0 bridgehead atoms. The van der Waals surface area contributed by atoms with Crippen LogP contribution in [0.5, 0.6) is 11.5 Å². The Hall–Kier alpha value is -4.65. The molecule has 0 saturated heterocycles. The summed E-state index contributed by atoms with van der Waals surface area (Å²) in [7, 11) is 0. The zero-order chi connectivity index (χ0) is 26.0. The minimum Gasteiger partial charge on any atom is -0.489 e. The highest BCUT2D eigenvalue weighted by Crippen LogP contribution is 2.22. The molecule has 0 fully saturated rings. The van der Waals surface area contributed by atoms with Crippen LogP contribution in [0.25, 0.3) is 11.1 Å². The topological polar surface area (TPSA) is 84.9 Å². The van der Waals surface area contributed by atoms with Crippen molar-refractivity contribution in [2.75, 3.05) is 6.61 Å². The fourth-order valence-electron chi connectivity index (χ4n) is 3.67. The first-order valence-corrected chi connectivity index (χ1v) is 11.7. The predicted molar refractivity (Wildman–Crippen MR) is 138 cm³/mol. The second kappa shape index (κ2) is 12.4. The summed E-state index contributed by atoms with van der Waals surface area (Å²) in [6.07, 6.45) is 0.117. The van der Waals surface area contributed by atoms with Crippen molar-refractivity contribution in [2.45, 2.75) is 19.1 Å². The minimum absolute atomic E-state index is 0.117. The molecule has 0 unspecified atom stereocenters. The largest absolute Gasteiger partial charge is 0.489 e. The highest BCUT2D eigenvalue weighted by molar-refractivity contribution is 5.84. The van der Waals surface area contributed by atoms with E-state index in [1.54, 1.807) is 60.7 Å². The second-order valence-corrected chi connectivity index (χ2v) is 8.40. The molecule has 0 heterocycles. The van der Waals surface area contributed by atoms with Crippen LogP contribution in [-0.2, 0) is 22.6 Å². The van der Waals surface area contributed by atoms with Crippen molar-refractivity contribution in [1.82, 2.24) is 5.32 Å². The Labute approximate surface area is 214 Å². The zero-order valence-electron chi connectivity index (χ0n) is 20.0. The van der Waals surface area contributed by atoms with Gasteiger partial charge in [0.1, 0.15) is 30.0 Å². The van der Waals surface area contributed by atoms with Gasteiger partial charge in [-0.3, -0.25) is 4.79 Å². The first-order valence-electron chi connectivity index (χ1n) is 11.7. The lowest BCUT2D eigenvalue weighted by molar-refractivity contribution is -0.142. The van der Waals surface area contributed by atoms with Gasteiger partial charge < -0.3 is 19.9 Å². The average Bonchev–Trinajstić information content (AvgIpc) is 2.92. The molecule has 0 radical (unpaired) electrons. The maximum Gasteiger partial charge on any atom is 0.326 e. The molecule has 0 aliphatic heterocycles. The number of rotatable bonds is 11. The molecular weight excluding hydrogens is 473 g/mol. The van der Waals surface area contributed by atoms with E-state index in [1.165, 1.54) is 12.1 Å². The molecule has 4 aromatic carbocycles. The van der Waals surface area contributed by atoms with Crippen molar-refractivity contribution >= 4 is 11.9 Å². The summed E-state index contributed by atoms with van der Waals surface area (Å²) in [6.45, 7) is 0.106. The Morgan fingerprint density at radius 1 is 0.730 bits per heavy atom. The van der Waals surface area contributed by atoms with E-state index >= 15 is 0 Å². The molecule has 0 aliphatic carbocycles. The lowest BCUT2D eigenvalue weighted by atomic mass is 10.1. The summed E-state index contributed by atoms with van der Waals surface area (Å²) in [4.78, 5) is 24.1. The molecule has 1 atom stereocenters. The molecule has 4 rings (SSSR count). The molecule has 0 saturated carbocycles. The molecular formula is C30H26FNO5. The lowest BCUT2D eigenvalue weighted by Gasteiger charge is -2.15. The molecule has 1 amide bonds. The SMILES string of the molecule is O=C(COc1ccc(-c2ccc(F)cc2)cc1)N[C@@H](Cc1ccc(OCc2ccccc2)cc1)C(=O)O. The molecule has 0 aliphatic rings. The summed E-state index contributed by atoms with van der Waals surface area (Å²) in [5, 5.41) is 12.1. The van der Waals surface area contributed by atoms with Crippen molar-refractivity contribution < 1.29 is 28.6 Å². The van der Waals surface area contributed by atoms with Crippen LogP contribution in [-0.4, -0.2) is 29.6 Å². The minimum atomic E-state index is -1.14. The highest BCUT2D eigenvalue weighted by atomic mass is 19.1. The van der Waals surface area contributed by atoms with Crippen LogP contribution in [0.1, 0.15) is 11.1 Å². The second-order valence-electron chi connectivity index (χ2n) is 8.40. The Balaban J connectivity index is 1.26.